The maximum atomic E-state index is 12.7. The molecule has 1 aliphatic carbocycles. The molecule has 1 aromatic heterocycles. The van der Waals surface area contributed by atoms with Crippen LogP contribution < -0.4 is 11.1 Å². The molecule has 0 spiro atoms. The summed E-state index contributed by atoms with van der Waals surface area (Å²) in [6.07, 6.45) is 2.22. The first-order valence-electron chi connectivity index (χ1n) is 8.91. The predicted octanol–water partition coefficient (Wildman–Crippen LogP) is 3.10. The van der Waals surface area contributed by atoms with Gasteiger partial charge in [-0.25, -0.2) is 0 Å². The van der Waals surface area contributed by atoms with E-state index >= 15 is 0 Å². The zero-order valence-electron chi connectivity index (χ0n) is 15.0. The molecule has 1 amide bonds. The van der Waals surface area contributed by atoms with E-state index in [1.807, 2.05) is 51.1 Å². The summed E-state index contributed by atoms with van der Waals surface area (Å²) in [5.74, 6) is 1.31. The zero-order valence-corrected chi connectivity index (χ0v) is 15.0. The summed E-state index contributed by atoms with van der Waals surface area (Å²) < 4.78 is 5.41. The highest BCUT2D eigenvalue weighted by molar-refractivity contribution is 5.79. The SMILES string of the molecule is CC(C)C(NC(=O)C(C)C(N)c1ccccc1)c1nc(C2CC2)no1. The molecule has 6 heteroatoms. The van der Waals surface area contributed by atoms with E-state index in [4.69, 9.17) is 10.3 Å². The van der Waals surface area contributed by atoms with E-state index in [1.54, 1.807) is 0 Å². The van der Waals surface area contributed by atoms with Crippen LogP contribution in [0.5, 0.6) is 0 Å². The van der Waals surface area contributed by atoms with Crippen LogP contribution in [0, 0.1) is 11.8 Å². The molecule has 3 atom stereocenters. The van der Waals surface area contributed by atoms with Crippen LogP contribution in [0.2, 0.25) is 0 Å². The number of aromatic nitrogens is 2. The van der Waals surface area contributed by atoms with Gasteiger partial charge < -0.3 is 15.6 Å². The summed E-state index contributed by atoms with van der Waals surface area (Å²) in [5, 5.41) is 7.09. The van der Waals surface area contributed by atoms with E-state index in [1.165, 1.54) is 0 Å². The molecule has 25 heavy (non-hydrogen) atoms. The Morgan fingerprint density at radius 3 is 2.52 bits per heavy atom. The van der Waals surface area contributed by atoms with E-state index in [0.29, 0.717) is 11.8 Å². The predicted molar refractivity (Wildman–Crippen MR) is 94.5 cm³/mol. The number of amides is 1. The second-order valence-electron chi connectivity index (χ2n) is 7.22. The summed E-state index contributed by atoms with van der Waals surface area (Å²) in [5.41, 5.74) is 7.21. The van der Waals surface area contributed by atoms with Gasteiger partial charge in [-0.3, -0.25) is 4.79 Å². The van der Waals surface area contributed by atoms with Crippen LogP contribution in [0.3, 0.4) is 0 Å². The lowest BCUT2D eigenvalue weighted by atomic mass is 9.93. The van der Waals surface area contributed by atoms with Crippen LogP contribution in [-0.4, -0.2) is 16.0 Å². The van der Waals surface area contributed by atoms with Crippen molar-refractivity contribution in [3.8, 4) is 0 Å². The summed E-state index contributed by atoms with van der Waals surface area (Å²) in [6.45, 7) is 5.88. The van der Waals surface area contributed by atoms with Gasteiger partial charge in [-0.1, -0.05) is 56.3 Å². The third-order valence-electron chi connectivity index (χ3n) is 4.77. The van der Waals surface area contributed by atoms with E-state index in [-0.39, 0.29) is 29.8 Å². The van der Waals surface area contributed by atoms with Crippen LogP contribution in [0.1, 0.15) is 68.9 Å². The number of benzene rings is 1. The standard InChI is InChI=1S/C19H26N4O2/c1-11(2)16(19-22-17(23-25-19)14-9-10-14)21-18(24)12(3)15(20)13-7-5-4-6-8-13/h4-8,11-12,14-16H,9-10,20H2,1-3H3,(H,21,24). The summed E-state index contributed by atoms with van der Waals surface area (Å²) in [6, 6.07) is 8.99. The molecule has 3 unspecified atom stereocenters. The highest BCUT2D eigenvalue weighted by Gasteiger charge is 2.33. The lowest BCUT2D eigenvalue weighted by molar-refractivity contribution is -0.126. The summed E-state index contributed by atoms with van der Waals surface area (Å²) in [7, 11) is 0. The third kappa shape index (κ3) is 4.07. The molecule has 0 bridgehead atoms. The van der Waals surface area contributed by atoms with Crippen molar-refractivity contribution >= 4 is 5.91 Å². The van der Waals surface area contributed by atoms with Gasteiger partial charge in [0.05, 0.1) is 5.92 Å². The Balaban J connectivity index is 1.69. The molecule has 0 saturated heterocycles. The number of hydrogen-bond donors (Lipinski definition) is 2. The summed E-state index contributed by atoms with van der Waals surface area (Å²) >= 11 is 0. The Bertz CT molecular complexity index is 709. The molecular formula is C19H26N4O2. The Labute approximate surface area is 148 Å². The first-order valence-corrected chi connectivity index (χ1v) is 8.91. The topological polar surface area (TPSA) is 94.0 Å². The van der Waals surface area contributed by atoms with Gasteiger partial charge >= 0.3 is 0 Å². The molecule has 0 radical (unpaired) electrons. The molecule has 6 nitrogen and oxygen atoms in total. The number of hydrogen-bond acceptors (Lipinski definition) is 5. The van der Waals surface area contributed by atoms with Crippen molar-refractivity contribution in [2.24, 2.45) is 17.6 Å². The minimum atomic E-state index is -0.366. The maximum Gasteiger partial charge on any atom is 0.249 e. The Kier molecular flexibility index (Phi) is 5.18. The minimum Gasteiger partial charge on any atom is -0.344 e. The van der Waals surface area contributed by atoms with Gasteiger partial charge in [0.2, 0.25) is 11.8 Å². The minimum absolute atomic E-state index is 0.110. The fourth-order valence-electron chi connectivity index (χ4n) is 2.81. The van der Waals surface area contributed by atoms with Crippen LogP contribution in [0.4, 0.5) is 0 Å². The number of nitrogens with two attached hydrogens (primary N) is 1. The van der Waals surface area contributed by atoms with Gasteiger partial charge in [-0.15, -0.1) is 0 Å². The normalized spacial score (nSPS) is 18.0. The molecular weight excluding hydrogens is 316 g/mol. The van der Waals surface area contributed by atoms with E-state index in [9.17, 15) is 4.79 Å². The fourth-order valence-corrected chi connectivity index (χ4v) is 2.81. The van der Waals surface area contributed by atoms with E-state index in [2.05, 4.69) is 15.5 Å². The smallest absolute Gasteiger partial charge is 0.249 e. The molecule has 1 aromatic carbocycles. The van der Waals surface area contributed by atoms with Crippen molar-refractivity contribution in [1.82, 2.24) is 15.5 Å². The van der Waals surface area contributed by atoms with Gasteiger partial charge in [-0.05, 0) is 24.3 Å². The molecule has 2 aromatic rings. The van der Waals surface area contributed by atoms with Gasteiger partial charge in [-0.2, -0.15) is 4.98 Å². The Hall–Kier alpha value is -2.21. The number of nitrogens with zero attached hydrogens (tertiary/aromatic N) is 2. The average molecular weight is 342 g/mol. The van der Waals surface area contributed by atoms with Crippen LogP contribution in [0.25, 0.3) is 0 Å². The number of carbonyl (C=O) groups is 1. The second-order valence-corrected chi connectivity index (χ2v) is 7.22. The lowest BCUT2D eigenvalue weighted by Gasteiger charge is -2.24. The molecule has 134 valence electrons. The molecule has 1 fully saturated rings. The van der Waals surface area contributed by atoms with Crippen LogP contribution in [0.15, 0.2) is 34.9 Å². The van der Waals surface area contributed by atoms with E-state index < -0.39 is 0 Å². The van der Waals surface area contributed by atoms with E-state index in [0.717, 1.165) is 24.2 Å². The van der Waals surface area contributed by atoms with Crippen molar-refractivity contribution in [1.29, 1.82) is 0 Å². The summed E-state index contributed by atoms with van der Waals surface area (Å²) in [4.78, 5) is 17.2. The van der Waals surface area contributed by atoms with Crippen LogP contribution in [-0.2, 0) is 4.79 Å². The number of nitrogens with one attached hydrogen (secondary N) is 1. The van der Waals surface area contributed by atoms with Gasteiger partial charge in [0.15, 0.2) is 5.82 Å². The third-order valence-corrected chi connectivity index (χ3v) is 4.77. The van der Waals surface area contributed by atoms with Gasteiger partial charge in [0.1, 0.15) is 6.04 Å². The largest absolute Gasteiger partial charge is 0.344 e. The molecule has 1 heterocycles. The molecule has 1 saturated carbocycles. The average Bonchev–Trinajstić information content (AvgIpc) is 3.36. The highest BCUT2D eigenvalue weighted by atomic mass is 16.5. The Morgan fingerprint density at radius 2 is 1.92 bits per heavy atom. The molecule has 1 aliphatic rings. The van der Waals surface area contributed by atoms with Crippen molar-refractivity contribution < 1.29 is 9.32 Å². The fraction of sp³-hybridized carbons (Fsp3) is 0.526. The first kappa shape index (κ1) is 17.6. The monoisotopic (exact) mass is 342 g/mol. The molecule has 3 N–H and O–H groups in total. The maximum absolute atomic E-state index is 12.7. The lowest BCUT2D eigenvalue weighted by Crippen LogP contribution is -2.39. The van der Waals surface area contributed by atoms with Gasteiger partial charge in [0, 0.05) is 12.0 Å². The zero-order chi connectivity index (χ0) is 18.0. The van der Waals surface area contributed by atoms with Crippen LogP contribution >= 0.6 is 0 Å². The highest BCUT2D eigenvalue weighted by Crippen LogP contribution is 2.38. The number of carbonyl (C=O) groups excluding carboxylic acids is 1. The van der Waals surface area contributed by atoms with Gasteiger partial charge in [0.25, 0.3) is 0 Å². The number of rotatable bonds is 7. The second kappa shape index (κ2) is 7.35. The van der Waals surface area contributed by atoms with Crippen molar-refractivity contribution in [2.75, 3.05) is 0 Å². The van der Waals surface area contributed by atoms with Crippen molar-refractivity contribution in [2.45, 2.75) is 51.6 Å². The first-order chi connectivity index (χ1) is 12.0. The molecule has 3 rings (SSSR count). The molecule has 0 aliphatic heterocycles. The van der Waals surface area contributed by atoms with Crippen molar-refractivity contribution in [3.05, 3.63) is 47.6 Å². The quantitative estimate of drug-likeness (QED) is 0.806. The Morgan fingerprint density at radius 1 is 1.24 bits per heavy atom. The van der Waals surface area contributed by atoms with Crippen molar-refractivity contribution in [3.63, 3.8) is 0 Å².